The van der Waals surface area contributed by atoms with Crippen molar-refractivity contribution in [2.24, 2.45) is 10.8 Å². The summed E-state index contributed by atoms with van der Waals surface area (Å²) in [6.45, 7) is 41.3. The van der Waals surface area contributed by atoms with Gasteiger partial charge in [0.1, 0.15) is 20.4 Å². The van der Waals surface area contributed by atoms with Crippen LogP contribution in [-0.4, -0.2) is 23.5 Å². The Morgan fingerprint density at radius 3 is 2.15 bits per heavy atom. The summed E-state index contributed by atoms with van der Waals surface area (Å²) in [6, 6.07) is 12.4. The number of benzene rings is 2. The molecule has 3 aliphatic carbocycles. The Labute approximate surface area is 297 Å². The molecule has 3 aliphatic rings. The Bertz CT molecular complexity index is 1810. The van der Waals surface area contributed by atoms with Crippen LogP contribution < -0.4 is 25.5 Å². The minimum absolute atomic E-state index is 0.0228. The fourth-order valence-electron chi connectivity index (χ4n) is 9.76. The Morgan fingerprint density at radius 1 is 0.958 bits per heavy atom. The zero-order valence-electron chi connectivity index (χ0n) is 33.3. The van der Waals surface area contributed by atoms with Crippen LogP contribution in [0.25, 0.3) is 11.6 Å². The van der Waals surface area contributed by atoms with Gasteiger partial charge in [-0.15, -0.1) is 0 Å². The van der Waals surface area contributed by atoms with Gasteiger partial charge >= 0.3 is 0 Å². The van der Waals surface area contributed by atoms with Gasteiger partial charge in [-0.25, -0.2) is 0 Å². The Morgan fingerprint density at radius 2 is 1.60 bits per heavy atom. The van der Waals surface area contributed by atoms with Gasteiger partial charge in [0.25, 0.3) is 0 Å². The number of fused-ring (bicyclic) bond motifs is 3. The predicted octanol–water partition coefficient (Wildman–Crippen LogP) is 9.64. The largest absolute Gasteiger partial charge is 0.489 e. The third-order valence-corrected chi connectivity index (χ3v) is 19.6. The molecule has 1 unspecified atom stereocenters. The third-order valence-electron chi connectivity index (χ3n) is 12.0. The van der Waals surface area contributed by atoms with E-state index in [4.69, 9.17) is 4.74 Å². The second-order valence-electron chi connectivity index (χ2n) is 18.9. The number of hydrogen-bond acceptors (Lipinski definition) is 1. The topological polar surface area (TPSA) is 9.23 Å². The van der Waals surface area contributed by atoms with Crippen molar-refractivity contribution in [3.63, 3.8) is 0 Å². The van der Waals surface area contributed by atoms with E-state index in [1.165, 1.54) is 57.8 Å². The minimum atomic E-state index is -2.36. The van der Waals surface area contributed by atoms with E-state index in [1.54, 1.807) is 32.7 Å². The van der Waals surface area contributed by atoms with Crippen molar-refractivity contribution in [3.8, 4) is 5.75 Å². The van der Waals surface area contributed by atoms with Gasteiger partial charge in [0.05, 0.1) is 8.80 Å². The zero-order chi connectivity index (χ0) is 35.8. The van der Waals surface area contributed by atoms with E-state index in [0.29, 0.717) is 12.1 Å². The quantitative estimate of drug-likeness (QED) is 0.200. The van der Waals surface area contributed by atoms with Crippen LogP contribution in [-0.2, 0) is 10.8 Å². The maximum Gasteiger partial charge on any atom is 0.122 e. The first-order valence-electron chi connectivity index (χ1n) is 18.9. The highest BCUT2D eigenvalue weighted by Gasteiger charge is 2.54. The molecule has 0 fully saturated rings. The predicted molar refractivity (Wildman–Crippen MR) is 218 cm³/mol. The highest BCUT2D eigenvalue weighted by Crippen LogP contribution is 2.62. The van der Waals surface area contributed by atoms with E-state index in [-0.39, 0.29) is 21.7 Å². The average molecular weight is 679 g/mol. The normalized spacial score (nSPS) is 20.2. The number of rotatable bonds is 8. The summed E-state index contributed by atoms with van der Waals surface area (Å²) in [7, 11) is -3.52. The second kappa shape index (κ2) is 12.4. The molecule has 0 radical (unpaired) electrons. The number of allylic oxidation sites excluding steroid dienone is 4. The lowest BCUT2D eigenvalue weighted by Gasteiger charge is -2.44. The van der Waals surface area contributed by atoms with E-state index in [0.717, 1.165) is 0 Å². The number of hydrogen-bond donors (Lipinski definition) is 0. The molecule has 1 nitrogen and oxygen atoms in total. The zero-order valence-corrected chi connectivity index (χ0v) is 35.5. The van der Waals surface area contributed by atoms with Gasteiger partial charge in [-0.2, -0.15) is 0 Å². The molecule has 0 spiro atoms. The lowest BCUT2D eigenvalue weighted by Crippen LogP contribution is -2.55. The van der Waals surface area contributed by atoms with Crippen LogP contribution in [0.15, 0.2) is 59.7 Å². The average Bonchev–Trinajstić information content (AvgIpc) is 3.31. The first kappa shape index (κ1) is 36.9. The van der Waals surface area contributed by atoms with Crippen LogP contribution in [0, 0.1) is 17.8 Å². The third kappa shape index (κ3) is 6.04. The summed E-state index contributed by atoms with van der Waals surface area (Å²) in [5.74, 6) is 1.20. The van der Waals surface area contributed by atoms with Crippen LogP contribution in [0.2, 0.25) is 30.7 Å². The second-order valence-corrected chi connectivity index (χ2v) is 26.7. The molecule has 0 saturated carbocycles. The summed E-state index contributed by atoms with van der Waals surface area (Å²) in [4.78, 5) is 0. The molecule has 260 valence electrons. The monoisotopic (exact) mass is 678 g/mol. The maximum atomic E-state index is 7.04. The highest BCUT2D eigenvalue weighted by molar-refractivity contribution is 6.95. The van der Waals surface area contributed by atoms with Gasteiger partial charge in [0, 0.05) is 11.0 Å². The van der Waals surface area contributed by atoms with Crippen molar-refractivity contribution < 1.29 is 4.74 Å². The van der Waals surface area contributed by atoms with Crippen molar-refractivity contribution in [3.05, 3.63) is 86.8 Å². The molecule has 1 atom stereocenters. The van der Waals surface area contributed by atoms with Gasteiger partial charge in [0.2, 0.25) is 0 Å². The van der Waals surface area contributed by atoms with Crippen LogP contribution >= 0.6 is 0 Å². The summed E-state index contributed by atoms with van der Waals surface area (Å²) in [5.41, 5.74) is 11.6. The van der Waals surface area contributed by atoms with Gasteiger partial charge in [-0.1, -0.05) is 168 Å². The van der Waals surface area contributed by atoms with Gasteiger partial charge < -0.3 is 4.74 Å². The molecular formula is C45H66OSi2. The van der Waals surface area contributed by atoms with Crippen molar-refractivity contribution in [1.82, 2.24) is 0 Å². The molecule has 0 bridgehead atoms. The molecule has 0 heterocycles. The van der Waals surface area contributed by atoms with Crippen molar-refractivity contribution in [1.29, 1.82) is 0 Å². The summed E-state index contributed by atoms with van der Waals surface area (Å²) in [6.07, 6.45) is 9.65. The van der Waals surface area contributed by atoms with E-state index in [9.17, 15) is 0 Å². The van der Waals surface area contributed by atoms with Gasteiger partial charge in [-0.3, -0.25) is 0 Å². The Balaban J connectivity index is 2.02. The van der Waals surface area contributed by atoms with E-state index in [1.807, 2.05) is 6.08 Å². The molecule has 0 aliphatic heterocycles. The maximum absolute atomic E-state index is 7.04. The standard InChI is InChI=1S/C45H66OSi2/c1-17-24-46-39-35(25-29(4)40(47(15)16)38(39)43(8,9)10)48(18-2,19-3)41-34-28-44(11,12)23-22-32(34)37-36(41)33-26-31(42(5,6)7)21-20-30(33)27-45(37,13)14/h17,20-21,25-28,41,47H,1,18-19,22-24H2,2-16H3. The first-order chi connectivity index (χ1) is 22.1. The van der Waals surface area contributed by atoms with Crippen molar-refractivity contribution in [2.45, 2.75) is 144 Å². The number of aryl methyl sites for hydroxylation is 1. The molecule has 2 aromatic rings. The molecule has 48 heavy (non-hydrogen) atoms. The lowest BCUT2D eigenvalue weighted by atomic mass is 9.72. The summed E-state index contributed by atoms with van der Waals surface area (Å²) in [5, 5.41) is 6.07. The molecule has 0 saturated heterocycles. The summed E-state index contributed by atoms with van der Waals surface area (Å²) >= 11 is 0. The molecule has 5 rings (SSSR count). The Kier molecular flexibility index (Phi) is 9.57. The lowest BCUT2D eigenvalue weighted by molar-refractivity contribution is 0.354. The Hall–Kier alpha value is -2.37. The smallest absolute Gasteiger partial charge is 0.122 e. The van der Waals surface area contributed by atoms with E-state index in [2.05, 4.69) is 146 Å². The van der Waals surface area contributed by atoms with Crippen LogP contribution in [0.3, 0.4) is 0 Å². The van der Waals surface area contributed by atoms with Gasteiger partial charge in [0.15, 0.2) is 0 Å². The van der Waals surface area contributed by atoms with Crippen LogP contribution in [0.5, 0.6) is 5.75 Å². The molecule has 0 amide bonds. The van der Waals surface area contributed by atoms with Crippen LogP contribution in [0.1, 0.15) is 113 Å². The van der Waals surface area contributed by atoms with E-state index < -0.39 is 16.9 Å². The SMILES string of the molecule is C=CCOc1c([Si](CC)(CC)C2C3=CC(C)(C)CCC3=C3C2=c2cc(C(C)(C)C)ccc2=CC3(C)C)cc(C)c([SiH](C)C)c1C(C)(C)C. The fourth-order valence-corrected chi connectivity index (χ4v) is 17.1. The molecular weight excluding hydrogens is 613 g/mol. The fraction of sp³-hybridized carbons (Fsp3) is 0.556. The molecule has 0 aromatic heterocycles. The molecule has 0 N–H and O–H groups in total. The molecule has 2 aromatic carbocycles. The van der Waals surface area contributed by atoms with Gasteiger partial charge in [-0.05, 0) is 85.1 Å². The van der Waals surface area contributed by atoms with Crippen molar-refractivity contribution in [2.75, 3.05) is 6.61 Å². The highest BCUT2D eigenvalue weighted by atomic mass is 28.3. The van der Waals surface area contributed by atoms with Crippen molar-refractivity contribution >= 4 is 38.9 Å². The first-order valence-corrected chi connectivity index (χ1v) is 24.3. The van der Waals surface area contributed by atoms with Crippen LogP contribution in [0.4, 0.5) is 0 Å². The van der Waals surface area contributed by atoms with E-state index >= 15 is 0 Å². The molecule has 3 heteroatoms. The minimum Gasteiger partial charge on any atom is -0.489 e. The summed E-state index contributed by atoms with van der Waals surface area (Å²) < 4.78 is 7.04. The number of ether oxygens (including phenoxy) is 1.